The molecule has 0 radical (unpaired) electrons. The van der Waals surface area contributed by atoms with Crippen molar-refractivity contribution in [1.29, 1.82) is 0 Å². The van der Waals surface area contributed by atoms with Crippen LogP contribution in [-0.4, -0.2) is 11.2 Å². The highest BCUT2D eigenvalue weighted by molar-refractivity contribution is 5.50. The minimum atomic E-state index is -0.131. The summed E-state index contributed by atoms with van der Waals surface area (Å²) >= 11 is 0. The summed E-state index contributed by atoms with van der Waals surface area (Å²) in [6, 6.07) is 25.2. The van der Waals surface area contributed by atoms with Crippen molar-refractivity contribution in [2.24, 2.45) is 17.3 Å². The van der Waals surface area contributed by atoms with Gasteiger partial charge in [-0.1, -0.05) is 67.6 Å². The minimum Gasteiger partial charge on any atom is -0.485 e. The normalized spacial score (nSPS) is 29.1. The van der Waals surface area contributed by atoms with Crippen LogP contribution >= 0.6 is 0 Å². The van der Waals surface area contributed by atoms with Gasteiger partial charge in [0.2, 0.25) is 0 Å². The van der Waals surface area contributed by atoms with Gasteiger partial charge in [0.05, 0.1) is 6.10 Å². The van der Waals surface area contributed by atoms with Gasteiger partial charge in [-0.2, -0.15) is 0 Å². The fourth-order valence-corrected chi connectivity index (χ4v) is 7.25. The van der Waals surface area contributed by atoms with Crippen molar-refractivity contribution in [2.45, 2.75) is 70.7 Å². The summed E-state index contributed by atoms with van der Waals surface area (Å²) in [6.45, 7) is 3.41. The molecular weight excluding hydrogens is 432 g/mol. The molecule has 0 aromatic heterocycles. The maximum absolute atomic E-state index is 10.7. The van der Waals surface area contributed by atoms with Crippen LogP contribution in [0.3, 0.4) is 0 Å². The second kappa shape index (κ2) is 9.35. The summed E-state index contributed by atoms with van der Waals surface area (Å²) in [5.74, 6) is 3.55. The van der Waals surface area contributed by atoms with Crippen molar-refractivity contribution in [3.8, 4) is 11.5 Å². The maximum Gasteiger partial charge on any atom is 0.162 e. The molecule has 0 heterocycles. The van der Waals surface area contributed by atoms with Crippen LogP contribution in [0, 0.1) is 17.3 Å². The first kappa shape index (κ1) is 22.7. The molecule has 1 N–H and O–H groups in total. The number of aryl methyl sites for hydroxylation is 1. The average molecular weight is 469 g/mol. The Morgan fingerprint density at radius 2 is 1.43 bits per heavy atom. The van der Waals surface area contributed by atoms with E-state index in [1.807, 2.05) is 12.1 Å². The highest BCUT2D eigenvalue weighted by Gasteiger charge is 2.54. The molecule has 0 unspecified atom stereocenters. The fraction of sp³-hybridized carbons (Fsp3) is 0.438. The van der Waals surface area contributed by atoms with Gasteiger partial charge in [-0.3, -0.25) is 0 Å². The van der Waals surface area contributed by atoms with Gasteiger partial charge in [-0.15, -0.1) is 0 Å². The number of fused-ring (bicyclic) bond motifs is 5. The van der Waals surface area contributed by atoms with Gasteiger partial charge in [-0.05, 0) is 96.1 Å². The van der Waals surface area contributed by atoms with Crippen LogP contribution in [0.15, 0.2) is 72.8 Å². The average Bonchev–Trinajstić information content (AvgIpc) is 3.21. The number of rotatable bonds is 6. The van der Waals surface area contributed by atoms with E-state index in [0.717, 1.165) is 48.3 Å². The van der Waals surface area contributed by atoms with E-state index in [2.05, 4.69) is 67.6 Å². The van der Waals surface area contributed by atoms with Crippen LogP contribution in [0.5, 0.6) is 11.5 Å². The first-order chi connectivity index (χ1) is 17.1. The zero-order chi connectivity index (χ0) is 23.8. The van der Waals surface area contributed by atoms with Gasteiger partial charge in [0, 0.05) is 0 Å². The number of hydrogen-bond acceptors (Lipinski definition) is 3. The predicted octanol–water partition coefficient (Wildman–Crippen LogP) is 7.06. The summed E-state index contributed by atoms with van der Waals surface area (Å²) in [5.41, 5.74) is 5.30. The minimum absolute atomic E-state index is 0.101. The Labute approximate surface area is 209 Å². The molecule has 2 saturated carbocycles. The van der Waals surface area contributed by atoms with Gasteiger partial charge in [0.1, 0.15) is 13.2 Å². The largest absolute Gasteiger partial charge is 0.485 e. The van der Waals surface area contributed by atoms with E-state index in [-0.39, 0.29) is 11.5 Å². The monoisotopic (exact) mass is 468 g/mol. The number of hydrogen-bond donors (Lipinski definition) is 1. The van der Waals surface area contributed by atoms with E-state index in [4.69, 9.17) is 9.47 Å². The van der Waals surface area contributed by atoms with E-state index < -0.39 is 0 Å². The summed E-state index contributed by atoms with van der Waals surface area (Å²) in [4.78, 5) is 0. The fourth-order valence-electron chi connectivity index (χ4n) is 7.25. The molecule has 2 fully saturated rings. The Morgan fingerprint density at radius 1 is 0.800 bits per heavy atom. The third kappa shape index (κ3) is 4.25. The highest BCUT2D eigenvalue weighted by Crippen LogP contribution is 2.61. The molecule has 3 aromatic carbocycles. The van der Waals surface area contributed by atoms with Crippen molar-refractivity contribution in [3.05, 3.63) is 95.1 Å². The van der Waals surface area contributed by atoms with Crippen LogP contribution in [0.25, 0.3) is 0 Å². The van der Waals surface area contributed by atoms with Gasteiger partial charge in [-0.25, -0.2) is 0 Å². The smallest absolute Gasteiger partial charge is 0.162 e. The van der Waals surface area contributed by atoms with Crippen molar-refractivity contribution in [3.63, 3.8) is 0 Å². The van der Waals surface area contributed by atoms with E-state index in [1.165, 1.54) is 24.0 Å². The molecular formula is C32H36O3. The molecule has 3 nitrogen and oxygen atoms in total. The lowest BCUT2D eigenvalue weighted by Crippen LogP contribution is -2.43. The second-order valence-electron chi connectivity index (χ2n) is 11.1. The van der Waals surface area contributed by atoms with Crippen molar-refractivity contribution in [2.75, 3.05) is 0 Å². The SMILES string of the molecule is C[C@]12CC[C@@H]3c4cc(OCc5ccccc5)c(OCc5ccccc5)cc4CC[C@H]3[C@@H]1CC[C@@H]2O. The summed E-state index contributed by atoms with van der Waals surface area (Å²) in [5, 5.41) is 10.7. The molecule has 3 aliphatic carbocycles. The molecule has 0 aliphatic heterocycles. The molecule has 182 valence electrons. The number of benzene rings is 3. The Bertz CT molecular complexity index is 1160. The van der Waals surface area contributed by atoms with Crippen LogP contribution < -0.4 is 9.47 Å². The zero-order valence-corrected chi connectivity index (χ0v) is 20.7. The van der Waals surface area contributed by atoms with Gasteiger partial charge < -0.3 is 14.6 Å². The summed E-state index contributed by atoms with van der Waals surface area (Å²) in [6.07, 6.45) is 6.58. The lowest BCUT2D eigenvalue weighted by Gasteiger charge is -2.50. The first-order valence-electron chi connectivity index (χ1n) is 13.3. The van der Waals surface area contributed by atoms with Crippen LogP contribution in [-0.2, 0) is 19.6 Å². The van der Waals surface area contributed by atoms with Crippen LogP contribution in [0.1, 0.15) is 67.2 Å². The van der Waals surface area contributed by atoms with Crippen molar-refractivity contribution < 1.29 is 14.6 Å². The third-order valence-electron chi connectivity index (χ3n) is 9.21. The molecule has 0 amide bonds. The Kier molecular flexibility index (Phi) is 6.06. The first-order valence-corrected chi connectivity index (χ1v) is 13.3. The molecule has 0 saturated heterocycles. The van der Waals surface area contributed by atoms with Crippen LogP contribution in [0.4, 0.5) is 0 Å². The lowest BCUT2D eigenvalue weighted by atomic mass is 9.55. The molecule has 3 aromatic rings. The standard InChI is InChI=1S/C32H36O3/c1-32-17-16-25-26(28(32)14-15-31(32)33)13-12-24-18-29(34-20-22-8-4-2-5-9-22)30(19-27(24)25)35-21-23-10-6-3-7-11-23/h2-11,18-19,25-26,28,31,33H,12-17,20-21H2,1H3/t25-,26+,28-,31-,32-/m0/s1. The lowest BCUT2D eigenvalue weighted by molar-refractivity contribution is -0.0226. The molecule has 3 heteroatoms. The quantitative estimate of drug-likeness (QED) is 0.421. The van der Waals surface area contributed by atoms with Crippen molar-refractivity contribution >= 4 is 0 Å². The number of aliphatic hydroxyl groups is 1. The van der Waals surface area contributed by atoms with E-state index in [9.17, 15) is 5.11 Å². The van der Waals surface area contributed by atoms with Gasteiger partial charge in [0.25, 0.3) is 0 Å². The van der Waals surface area contributed by atoms with Crippen molar-refractivity contribution in [1.82, 2.24) is 0 Å². The topological polar surface area (TPSA) is 38.7 Å². The molecule has 35 heavy (non-hydrogen) atoms. The molecule has 0 spiro atoms. The molecule has 5 atom stereocenters. The Balaban J connectivity index is 1.30. The number of aliphatic hydroxyl groups excluding tert-OH is 1. The predicted molar refractivity (Wildman–Crippen MR) is 139 cm³/mol. The van der Waals surface area contributed by atoms with Gasteiger partial charge in [0.15, 0.2) is 11.5 Å². The number of ether oxygens (including phenoxy) is 2. The van der Waals surface area contributed by atoms with E-state index in [1.54, 1.807) is 0 Å². The molecule has 3 aliphatic rings. The Hall–Kier alpha value is -2.78. The second-order valence-corrected chi connectivity index (χ2v) is 11.1. The Morgan fingerprint density at radius 3 is 2.09 bits per heavy atom. The van der Waals surface area contributed by atoms with E-state index >= 15 is 0 Å². The maximum atomic E-state index is 10.7. The zero-order valence-electron chi connectivity index (χ0n) is 20.7. The molecule has 6 rings (SSSR count). The third-order valence-corrected chi connectivity index (χ3v) is 9.21. The highest BCUT2D eigenvalue weighted by atomic mass is 16.5. The molecule has 0 bridgehead atoms. The van der Waals surface area contributed by atoms with Crippen LogP contribution in [0.2, 0.25) is 0 Å². The van der Waals surface area contributed by atoms with E-state index in [0.29, 0.717) is 31.0 Å². The summed E-state index contributed by atoms with van der Waals surface area (Å²) in [7, 11) is 0. The van der Waals surface area contributed by atoms with Gasteiger partial charge >= 0.3 is 0 Å². The summed E-state index contributed by atoms with van der Waals surface area (Å²) < 4.78 is 12.8.